The van der Waals surface area contributed by atoms with Gasteiger partial charge >= 0.3 is 11.9 Å². The predicted octanol–water partition coefficient (Wildman–Crippen LogP) is 2.42. The van der Waals surface area contributed by atoms with E-state index in [0.717, 1.165) is 12.1 Å². The van der Waals surface area contributed by atoms with Crippen molar-refractivity contribution >= 4 is 29.0 Å². The molecule has 6 N–H and O–H groups in total. The summed E-state index contributed by atoms with van der Waals surface area (Å²) in [5, 5.41) is 60.0. The van der Waals surface area contributed by atoms with Crippen molar-refractivity contribution < 1.29 is 58.9 Å². The van der Waals surface area contributed by atoms with Gasteiger partial charge in [0.25, 0.3) is 0 Å². The quantitative estimate of drug-likeness (QED) is 0.101. The molecule has 2 heterocycles. The number of aliphatic hydroxyl groups is 2. The lowest BCUT2D eigenvalue weighted by molar-refractivity contribution is -0.274. The topological polar surface area (TPSA) is 213 Å². The fraction of sp³-hybridized carbons (Fsp3) is 0.194. The second-order valence-corrected chi connectivity index (χ2v) is 9.98. The van der Waals surface area contributed by atoms with Crippen molar-refractivity contribution in [3.63, 3.8) is 0 Å². The average Bonchev–Trinajstić information content (AvgIpc) is 2.97. The zero-order chi connectivity index (χ0) is 31.7. The summed E-state index contributed by atoms with van der Waals surface area (Å²) in [4.78, 5) is 37.3. The molecule has 13 nitrogen and oxygen atoms in total. The number of esters is 1. The molecular weight excluding hydrogens is 580 g/mol. The molecule has 0 radical (unpaired) electrons. The predicted molar refractivity (Wildman–Crippen MR) is 152 cm³/mol. The molecule has 0 spiro atoms. The molecule has 4 aromatic rings. The first-order valence-electron chi connectivity index (χ1n) is 13.1. The number of carbonyl (C=O) groups is 2. The fourth-order valence-corrected chi connectivity index (χ4v) is 4.67. The van der Waals surface area contributed by atoms with Crippen LogP contribution in [-0.4, -0.2) is 73.3 Å². The number of rotatable bonds is 7. The average molecular weight is 607 g/mol. The van der Waals surface area contributed by atoms with Gasteiger partial charge in [-0.25, -0.2) is 9.59 Å². The minimum atomic E-state index is -1.95. The number of ether oxygens (including phenoxy) is 3. The van der Waals surface area contributed by atoms with E-state index in [-0.39, 0.29) is 39.4 Å². The van der Waals surface area contributed by atoms with Crippen LogP contribution in [0.25, 0.3) is 28.4 Å². The van der Waals surface area contributed by atoms with Gasteiger partial charge in [-0.3, -0.25) is 4.79 Å². The van der Waals surface area contributed by atoms with Crippen LogP contribution in [0.1, 0.15) is 11.1 Å². The molecule has 1 aliphatic rings. The van der Waals surface area contributed by atoms with Gasteiger partial charge in [-0.2, -0.15) is 0 Å². The lowest BCUT2D eigenvalue weighted by Crippen LogP contribution is -2.62. The maximum absolute atomic E-state index is 12.9. The fourth-order valence-electron chi connectivity index (χ4n) is 4.67. The van der Waals surface area contributed by atoms with Crippen LogP contribution < -0.4 is 10.2 Å². The summed E-state index contributed by atoms with van der Waals surface area (Å²) < 4.78 is 22.1. The molecule has 0 saturated carbocycles. The normalized spacial score (nSPS) is 21.8. The summed E-state index contributed by atoms with van der Waals surface area (Å²) in [5.74, 6) is -3.27. The first-order valence-corrected chi connectivity index (χ1v) is 13.1. The molecule has 5 unspecified atom stereocenters. The first kappa shape index (κ1) is 30.1. The van der Waals surface area contributed by atoms with Crippen LogP contribution in [0.15, 0.2) is 76.0 Å². The van der Waals surface area contributed by atoms with Crippen LogP contribution in [-0.2, 0) is 19.1 Å². The summed E-state index contributed by atoms with van der Waals surface area (Å²) in [5.41, 5.74) is 1.01. The summed E-state index contributed by atoms with van der Waals surface area (Å²) in [6.45, 7) is 1.61. The smallest absolute Gasteiger partial charge is 0.337 e. The third-order valence-corrected chi connectivity index (χ3v) is 6.86. The number of carboxylic acids is 1. The van der Waals surface area contributed by atoms with Crippen LogP contribution in [0.3, 0.4) is 0 Å². The van der Waals surface area contributed by atoms with Gasteiger partial charge < -0.3 is 49.3 Å². The number of hydrogen-bond donors (Lipinski definition) is 6. The molecular formula is C31H26O13. The van der Waals surface area contributed by atoms with Gasteiger partial charge in [-0.15, -0.1) is 0 Å². The van der Waals surface area contributed by atoms with Crippen LogP contribution in [0, 0.1) is 6.92 Å². The summed E-state index contributed by atoms with van der Waals surface area (Å²) >= 11 is 0. The number of fused-ring (bicyclic) bond motifs is 1. The molecule has 44 heavy (non-hydrogen) atoms. The minimum Gasteiger partial charge on any atom is -0.508 e. The van der Waals surface area contributed by atoms with E-state index in [2.05, 4.69) is 0 Å². The molecule has 1 aliphatic heterocycles. The van der Waals surface area contributed by atoms with Crippen molar-refractivity contribution in [2.75, 3.05) is 0 Å². The second-order valence-electron chi connectivity index (χ2n) is 9.98. The molecule has 1 saturated heterocycles. The van der Waals surface area contributed by atoms with Crippen LogP contribution in [0.4, 0.5) is 0 Å². The lowest BCUT2D eigenvalue weighted by Gasteiger charge is -2.40. The number of carbonyl (C=O) groups excluding carboxylic acids is 1. The second kappa shape index (κ2) is 12.1. The Morgan fingerprint density at radius 1 is 0.909 bits per heavy atom. The highest BCUT2D eigenvalue weighted by Crippen LogP contribution is 2.32. The Hall–Kier alpha value is -5.37. The highest BCUT2D eigenvalue weighted by molar-refractivity contribution is 5.88. The third kappa shape index (κ3) is 6.20. The number of phenols is 3. The van der Waals surface area contributed by atoms with E-state index < -0.39 is 48.4 Å². The molecule has 0 bridgehead atoms. The number of aliphatic hydroxyl groups excluding tert-OH is 2. The molecule has 3 aromatic carbocycles. The maximum Gasteiger partial charge on any atom is 0.337 e. The van der Waals surface area contributed by atoms with Gasteiger partial charge in [0.1, 0.15) is 35.1 Å². The van der Waals surface area contributed by atoms with Gasteiger partial charge in [-0.1, -0.05) is 6.07 Å². The van der Waals surface area contributed by atoms with Crippen molar-refractivity contribution in [2.45, 2.75) is 37.6 Å². The van der Waals surface area contributed by atoms with Crippen LogP contribution >= 0.6 is 0 Å². The van der Waals surface area contributed by atoms with E-state index in [1.54, 1.807) is 19.1 Å². The SMILES string of the molecule is Cc1cc(OC2OC(C(=O)O)C(OC(=O)/C=C/c3ccc(O)c(O)c3)C(O)C2O)cc2oc(-c3ccc(O)cc3)cc(=O)c12. The van der Waals surface area contributed by atoms with Gasteiger partial charge in [0, 0.05) is 23.8 Å². The molecule has 228 valence electrons. The zero-order valence-corrected chi connectivity index (χ0v) is 22.9. The van der Waals surface area contributed by atoms with Gasteiger partial charge in [-0.05, 0) is 66.6 Å². The molecule has 0 amide bonds. The monoisotopic (exact) mass is 606 g/mol. The van der Waals surface area contributed by atoms with E-state index in [1.165, 1.54) is 48.5 Å². The van der Waals surface area contributed by atoms with E-state index in [1.807, 2.05) is 0 Å². The minimum absolute atomic E-state index is 0.0110. The van der Waals surface area contributed by atoms with Crippen molar-refractivity contribution in [1.29, 1.82) is 0 Å². The summed E-state index contributed by atoms with van der Waals surface area (Å²) in [7, 11) is 0. The van der Waals surface area contributed by atoms with Crippen molar-refractivity contribution in [2.24, 2.45) is 0 Å². The molecule has 1 fully saturated rings. The Kier molecular flexibility index (Phi) is 8.27. The van der Waals surface area contributed by atoms with Gasteiger partial charge in [0.2, 0.25) is 6.29 Å². The van der Waals surface area contributed by atoms with Crippen LogP contribution in [0.5, 0.6) is 23.0 Å². The molecule has 5 atom stereocenters. The van der Waals surface area contributed by atoms with E-state index in [9.17, 15) is 45.0 Å². The Morgan fingerprint density at radius 3 is 2.32 bits per heavy atom. The van der Waals surface area contributed by atoms with E-state index in [0.29, 0.717) is 16.7 Å². The third-order valence-electron chi connectivity index (χ3n) is 6.86. The maximum atomic E-state index is 12.9. The van der Waals surface area contributed by atoms with Crippen LogP contribution in [0.2, 0.25) is 0 Å². The van der Waals surface area contributed by atoms with E-state index in [4.69, 9.17) is 18.6 Å². The number of aryl methyl sites for hydroxylation is 1. The van der Waals surface area contributed by atoms with Gasteiger partial charge in [0.05, 0.1) is 5.39 Å². The number of aliphatic carboxylic acids is 1. The lowest BCUT2D eigenvalue weighted by atomic mass is 9.98. The molecule has 1 aromatic heterocycles. The standard InChI is InChI=1S/C31H26O13/c1-14-10-18(12-23-25(14)21(35)13-22(42-23)16-4-6-17(32)7-5-16)41-31-27(38)26(37)28(29(44-31)30(39)40)43-24(36)9-3-15-2-8-19(33)20(34)11-15/h2-13,26-29,31-34,37-38H,1H3,(H,39,40)/b9-3+. The van der Waals surface area contributed by atoms with Crippen molar-refractivity contribution in [1.82, 2.24) is 0 Å². The molecule has 5 rings (SSSR count). The highest BCUT2D eigenvalue weighted by atomic mass is 16.7. The largest absolute Gasteiger partial charge is 0.508 e. The summed E-state index contributed by atoms with van der Waals surface area (Å²) in [6, 6.07) is 13.8. The summed E-state index contributed by atoms with van der Waals surface area (Å²) in [6.07, 6.45) is -7.25. The number of carboxylic acid groups (broad SMARTS) is 1. The van der Waals surface area contributed by atoms with E-state index >= 15 is 0 Å². The Labute approximate surface area is 248 Å². The Morgan fingerprint density at radius 2 is 1.64 bits per heavy atom. The number of hydrogen-bond acceptors (Lipinski definition) is 12. The number of phenolic OH excluding ortho intramolecular Hbond substituents is 3. The first-order chi connectivity index (χ1) is 20.9. The Balaban J connectivity index is 1.36. The molecule has 13 heteroatoms. The Bertz CT molecular complexity index is 1810. The highest BCUT2D eigenvalue weighted by Gasteiger charge is 2.51. The number of benzene rings is 3. The molecule has 0 aliphatic carbocycles. The van der Waals surface area contributed by atoms with Crippen molar-refractivity contribution in [3.8, 4) is 34.3 Å². The van der Waals surface area contributed by atoms with Crippen molar-refractivity contribution in [3.05, 3.63) is 88.1 Å². The zero-order valence-electron chi connectivity index (χ0n) is 22.9. The number of aromatic hydroxyl groups is 3. The van der Waals surface area contributed by atoms with Gasteiger partial charge in [0.15, 0.2) is 29.1 Å².